The topological polar surface area (TPSA) is 42.4 Å². The molecular formula is C13H10BrF2NO2. The zero-order valence-corrected chi connectivity index (χ0v) is 11.5. The van der Waals surface area contributed by atoms with Crippen LogP contribution >= 0.6 is 15.9 Å². The number of ether oxygens (including phenoxy) is 1. The second-order valence-electron chi connectivity index (χ2n) is 3.91. The summed E-state index contributed by atoms with van der Waals surface area (Å²) in [6, 6.07) is 5.37. The Hall–Kier alpha value is -1.53. The third-order valence-corrected chi connectivity index (χ3v) is 2.87. The van der Waals surface area contributed by atoms with Crippen molar-refractivity contribution in [2.24, 2.45) is 0 Å². The predicted molar refractivity (Wildman–Crippen MR) is 69.0 cm³/mol. The first-order valence-electron chi connectivity index (χ1n) is 5.44. The van der Waals surface area contributed by atoms with Crippen molar-refractivity contribution in [2.45, 2.75) is 13.0 Å². The number of aromatic nitrogens is 1. The Morgan fingerprint density at radius 1 is 1.32 bits per heavy atom. The van der Waals surface area contributed by atoms with Gasteiger partial charge in [-0.25, -0.2) is 9.37 Å². The SMILES string of the molecule is C[C@@H](O)c1ccnc(Oc2cc(Br)cc(F)c2F)c1. The minimum Gasteiger partial charge on any atom is -0.436 e. The quantitative estimate of drug-likeness (QED) is 0.866. The molecule has 1 atom stereocenters. The first-order valence-corrected chi connectivity index (χ1v) is 6.23. The molecule has 0 saturated carbocycles. The van der Waals surface area contributed by atoms with Crippen molar-refractivity contribution < 1.29 is 18.6 Å². The minimum absolute atomic E-state index is 0.0785. The van der Waals surface area contributed by atoms with E-state index in [1.165, 1.54) is 18.3 Å². The number of aliphatic hydroxyl groups is 1. The molecule has 0 amide bonds. The average Bonchev–Trinajstić information content (AvgIpc) is 2.35. The van der Waals surface area contributed by atoms with E-state index in [0.29, 0.717) is 10.0 Å². The van der Waals surface area contributed by atoms with E-state index in [1.807, 2.05) is 0 Å². The molecule has 0 aliphatic rings. The summed E-state index contributed by atoms with van der Waals surface area (Å²) in [4.78, 5) is 3.88. The van der Waals surface area contributed by atoms with Gasteiger partial charge in [0.2, 0.25) is 11.7 Å². The van der Waals surface area contributed by atoms with Crippen molar-refractivity contribution in [1.82, 2.24) is 4.98 Å². The Balaban J connectivity index is 2.33. The fourth-order valence-corrected chi connectivity index (χ4v) is 1.87. The van der Waals surface area contributed by atoms with Gasteiger partial charge in [-0.3, -0.25) is 0 Å². The number of pyridine rings is 1. The fraction of sp³-hybridized carbons (Fsp3) is 0.154. The molecule has 100 valence electrons. The summed E-state index contributed by atoms with van der Waals surface area (Å²) in [6.07, 6.45) is 0.721. The van der Waals surface area contributed by atoms with E-state index in [2.05, 4.69) is 20.9 Å². The van der Waals surface area contributed by atoms with E-state index in [9.17, 15) is 13.9 Å². The van der Waals surface area contributed by atoms with Gasteiger partial charge in [-0.05, 0) is 30.7 Å². The summed E-state index contributed by atoms with van der Waals surface area (Å²) < 4.78 is 32.3. The molecule has 0 saturated heterocycles. The van der Waals surface area contributed by atoms with E-state index in [4.69, 9.17) is 4.74 Å². The van der Waals surface area contributed by atoms with Gasteiger partial charge in [0.15, 0.2) is 11.6 Å². The maximum Gasteiger partial charge on any atom is 0.219 e. The van der Waals surface area contributed by atoms with Crippen molar-refractivity contribution >= 4 is 15.9 Å². The molecule has 1 aromatic heterocycles. The van der Waals surface area contributed by atoms with E-state index in [0.717, 1.165) is 6.07 Å². The van der Waals surface area contributed by atoms with Crippen LogP contribution in [0.2, 0.25) is 0 Å². The third kappa shape index (κ3) is 3.27. The van der Waals surface area contributed by atoms with Crippen LogP contribution in [0.25, 0.3) is 0 Å². The van der Waals surface area contributed by atoms with Gasteiger partial charge in [0.25, 0.3) is 0 Å². The molecular weight excluding hydrogens is 320 g/mol. The fourth-order valence-electron chi connectivity index (χ4n) is 1.46. The van der Waals surface area contributed by atoms with E-state index in [1.54, 1.807) is 13.0 Å². The molecule has 1 N–H and O–H groups in total. The lowest BCUT2D eigenvalue weighted by molar-refractivity contribution is 0.198. The summed E-state index contributed by atoms with van der Waals surface area (Å²) in [5, 5.41) is 9.43. The average molecular weight is 330 g/mol. The summed E-state index contributed by atoms with van der Waals surface area (Å²) >= 11 is 3.05. The van der Waals surface area contributed by atoms with Crippen LogP contribution in [0.3, 0.4) is 0 Å². The van der Waals surface area contributed by atoms with Gasteiger partial charge in [0.1, 0.15) is 0 Å². The number of nitrogens with zero attached hydrogens (tertiary/aromatic N) is 1. The second kappa shape index (κ2) is 5.63. The molecule has 0 aliphatic carbocycles. The van der Waals surface area contributed by atoms with Gasteiger partial charge in [-0.15, -0.1) is 0 Å². The van der Waals surface area contributed by atoms with E-state index in [-0.39, 0.29) is 11.6 Å². The van der Waals surface area contributed by atoms with Crippen LogP contribution in [0.4, 0.5) is 8.78 Å². The van der Waals surface area contributed by atoms with Crippen molar-refractivity contribution in [1.29, 1.82) is 0 Å². The largest absolute Gasteiger partial charge is 0.436 e. The van der Waals surface area contributed by atoms with Crippen LogP contribution in [0.1, 0.15) is 18.6 Å². The summed E-state index contributed by atoms with van der Waals surface area (Å²) in [6.45, 7) is 1.58. The number of hydrogen-bond donors (Lipinski definition) is 1. The number of rotatable bonds is 3. The lowest BCUT2D eigenvalue weighted by Gasteiger charge is -2.09. The van der Waals surface area contributed by atoms with E-state index >= 15 is 0 Å². The van der Waals surface area contributed by atoms with Crippen LogP contribution in [-0.4, -0.2) is 10.1 Å². The van der Waals surface area contributed by atoms with Crippen LogP contribution in [-0.2, 0) is 0 Å². The Kier molecular flexibility index (Phi) is 4.11. The normalized spacial score (nSPS) is 12.3. The molecule has 0 radical (unpaired) electrons. The van der Waals surface area contributed by atoms with Crippen molar-refractivity contribution in [3.05, 3.63) is 52.1 Å². The highest BCUT2D eigenvalue weighted by Crippen LogP contribution is 2.29. The minimum atomic E-state index is -1.09. The highest BCUT2D eigenvalue weighted by atomic mass is 79.9. The molecule has 2 rings (SSSR count). The zero-order chi connectivity index (χ0) is 14.0. The first-order chi connectivity index (χ1) is 8.97. The summed E-state index contributed by atoms with van der Waals surface area (Å²) in [7, 11) is 0. The second-order valence-corrected chi connectivity index (χ2v) is 4.82. The van der Waals surface area contributed by atoms with Gasteiger partial charge in [-0.1, -0.05) is 15.9 Å². The van der Waals surface area contributed by atoms with Gasteiger partial charge in [0.05, 0.1) is 6.10 Å². The summed E-state index contributed by atoms with van der Waals surface area (Å²) in [5.41, 5.74) is 0.570. The van der Waals surface area contributed by atoms with Crippen LogP contribution in [0.15, 0.2) is 34.9 Å². The van der Waals surface area contributed by atoms with Crippen LogP contribution in [0.5, 0.6) is 11.6 Å². The molecule has 0 spiro atoms. The molecule has 1 aromatic carbocycles. The maximum absolute atomic E-state index is 13.5. The Morgan fingerprint density at radius 2 is 2.05 bits per heavy atom. The molecule has 1 heterocycles. The molecule has 0 bridgehead atoms. The lowest BCUT2D eigenvalue weighted by atomic mass is 10.2. The Morgan fingerprint density at radius 3 is 2.74 bits per heavy atom. The van der Waals surface area contributed by atoms with Crippen molar-refractivity contribution in [3.63, 3.8) is 0 Å². The van der Waals surface area contributed by atoms with E-state index < -0.39 is 17.7 Å². The molecule has 0 aliphatic heterocycles. The number of aliphatic hydroxyl groups excluding tert-OH is 1. The van der Waals surface area contributed by atoms with Crippen LogP contribution in [0, 0.1) is 11.6 Å². The van der Waals surface area contributed by atoms with Crippen molar-refractivity contribution in [2.75, 3.05) is 0 Å². The van der Waals surface area contributed by atoms with Crippen molar-refractivity contribution in [3.8, 4) is 11.6 Å². The standard InChI is InChI=1S/C13H10BrF2NO2/c1-7(18)8-2-3-17-12(4-8)19-11-6-9(14)5-10(15)13(11)16/h2-7,18H,1H3/t7-/m1/s1. The third-order valence-electron chi connectivity index (χ3n) is 2.42. The van der Waals surface area contributed by atoms with Gasteiger partial charge in [0, 0.05) is 16.7 Å². The number of hydrogen-bond acceptors (Lipinski definition) is 3. The molecule has 0 unspecified atom stereocenters. The monoisotopic (exact) mass is 329 g/mol. The number of halogens is 3. The lowest BCUT2D eigenvalue weighted by Crippen LogP contribution is -1.96. The predicted octanol–water partition coefficient (Wildman–Crippen LogP) is 3.97. The molecule has 3 nitrogen and oxygen atoms in total. The van der Waals surface area contributed by atoms with Gasteiger partial charge < -0.3 is 9.84 Å². The molecule has 6 heteroatoms. The summed E-state index contributed by atoms with van der Waals surface area (Å²) in [5.74, 6) is -2.31. The molecule has 19 heavy (non-hydrogen) atoms. The van der Waals surface area contributed by atoms with Gasteiger partial charge in [-0.2, -0.15) is 4.39 Å². The Bertz CT molecular complexity index is 605. The maximum atomic E-state index is 13.5. The first kappa shape index (κ1) is 13.9. The zero-order valence-electron chi connectivity index (χ0n) is 9.90. The Labute approximate surface area is 117 Å². The van der Waals surface area contributed by atoms with Gasteiger partial charge >= 0.3 is 0 Å². The highest BCUT2D eigenvalue weighted by Gasteiger charge is 2.13. The smallest absolute Gasteiger partial charge is 0.219 e. The molecule has 2 aromatic rings. The highest BCUT2D eigenvalue weighted by molar-refractivity contribution is 9.10. The number of benzene rings is 1. The van der Waals surface area contributed by atoms with Crippen LogP contribution < -0.4 is 4.74 Å². The molecule has 0 fully saturated rings.